The third-order valence-electron chi connectivity index (χ3n) is 2.86. The third kappa shape index (κ3) is 5.28. The molecular formula is C14H22N2O3. The zero-order chi connectivity index (χ0) is 14.1. The zero-order valence-electron chi connectivity index (χ0n) is 11.7. The van der Waals surface area contributed by atoms with E-state index in [4.69, 9.17) is 9.47 Å². The van der Waals surface area contributed by atoms with Gasteiger partial charge in [0.05, 0.1) is 12.7 Å². The fraction of sp³-hybridized carbons (Fsp3) is 0.500. The van der Waals surface area contributed by atoms with Gasteiger partial charge in [0.15, 0.2) is 0 Å². The van der Waals surface area contributed by atoms with E-state index in [1.54, 1.807) is 14.2 Å². The topological polar surface area (TPSA) is 59.6 Å². The number of urea groups is 1. The number of amides is 2. The van der Waals surface area contributed by atoms with Gasteiger partial charge in [-0.25, -0.2) is 4.79 Å². The highest BCUT2D eigenvalue weighted by atomic mass is 16.5. The van der Waals surface area contributed by atoms with Gasteiger partial charge in [0.1, 0.15) is 0 Å². The number of methoxy groups -OCH3 is 2. The number of aryl methyl sites for hydroxylation is 1. The van der Waals surface area contributed by atoms with Gasteiger partial charge in [-0.05, 0) is 18.1 Å². The molecule has 0 fully saturated rings. The Bertz CT molecular complexity index is 396. The number of nitrogens with one attached hydrogen (secondary N) is 2. The van der Waals surface area contributed by atoms with Crippen molar-refractivity contribution in [2.45, 2.75) is 13.0 Å². The lowest BCUT2D eigenvalue weighted by Gasteiger charge is -2.18. The Labute approximate surface area is 114 Å². The Morgan fingerprint density at radius 3 is 2.63 bits per heavy atom. The summed E-state index contributed by atoms with van der Waals surface area (Å²) >= 11 is 0. The average molecular weight is 266 g/mol. The maximum atomic E-state index is 11.5. The molecule has 1 rings (SSSR count). The number of hydrogen-bond acceptors (Lipinski definition) is 3. The molecule has 1 aromatic rings. The van der Waals surface area contributed by atoms with Crippen molar-refractivity contribution in [1.82, 2.24) is 10.6 Å². The molecule has 0 heterocycles. The lowest BCUT2D eigenvalue weighted by molar-refractivity contribution is 0.103. The largest absolute Gasteiger partial charge is 0.383 e. The van der Waals surface area contributed by atoms with Crippen LogP contribution in [-0.4, -0.2) is 39.9 Å². The molecule has 0 radical (unpaired) electrons. The second-order valence-corrected chi connectivity index (χ2v) is 4.21. The Kier molecular flexibility index (Phi) is 6.92. The molecule has 0 aliphatic carbocycles. The van der Waals surface area contributed by atoms with E-state index in [1.807, 2.05) is 31.2 Å². The summed E-state index contributed by atoms with van der Waals surface area (Å²) in [5.74, 6) is 0. The first-order valence-corrected chi connectivity index (χ1v) is 6.28. The predicted octanol–water partition coefficient (Wildman–Crippen LogP) is 1.63. The number of hydrogen-bond donors (Lipinski definition) is 2. The monoisotopic (exact) mass is 266 g/mol. The predicted molar refractivity (Wildman–Crippen MR) is 74.2 cm³/mol. The fourth-order valence-electron chi connectivity index (χ4n) is 1.78. The van der Waals surface area contributed by atoms with Crippen LogP contribution in [0.1, 0.15) is 17.2 Å². The van der Waals surface area contributed by atoms with Crippen LogP contribution >= 0.6 is 0 Å². The number of rotatable bonds is 7. The van der Waals surface area contributed by atoms with Crippen molar-refractivity contribution in [2.24, 2.45) is 0 Å². The van der Waals surface area contributed by atoms with E-state index in [2.05, 4.69) is 10.6 Å². The molecular weight excluding hydrogens is 244 g/mol. The minimum absolute atomic E-state index is 0.144. The molecule has 0 spiro atoms. The quantitative estimate of drug-likeness (QED) is 0.737. The lowest BCUT2D eigenvalue weighted by atomic mass is 10.0. The van der Waals surface area contributed by atoms with Crippen molar-refractivity contribution < 1.29 is 14.3 Å². The molecule has 1 atom stereocenters. The van der Waals surface area contributed by atoms with E-state index in [-0.39, 0.29) is 12.1 Å². The zero-order valence-corrected chi connectivity index (χ0v) is 11.7. The highest BCUT2D eigenvalue weighted by Crippen LogP contribution is 2.19. The number of ether oxygens (including phenoxy) is 2. The average Bonchev–Trinajstić information content (AvgIpc) is 2.41. The molecule has 5 nitrogen and oxygen atoms in total. The molecule has 1 aromatic carbocycles. The van der Waals surface area contributed by atoms with E-state index in [9.17, 15) is 4.79 Å². The molecule has 0 saturated carbocycles. The SMILES string of the molecule is COCCNC(=O)NC[C@H](OC)c1ccccc1C. The van der Waals surface area contributed by atoms with E-state index in [0.29, 0.717) is 19.7 Å². The molecule has 0 unspecified atom stereocenters. The van der Waals surface area contributed by atoms with Gasteiger partial charge >= 0.3 is 6.03 Å². The molecule has 2 amide bonds. The molecule has 2 N–H and O–H groups in total. The van der Waals surface area contributed by atoms with Crippen molar-refractivity contribution in [2.75, 3.05) is 33.9 Å². The lowest BCUT2D eigenvalue weighted by Crippen LogP contribution is -2.39. The van der Waals surface area contributed by atoms with Gasteiger partial charge < -0.3 is 20.1 Å². The van der Waals surface area contributed by atoms with Crippen LogP contribution in [0.4, 0.5) is 4.79 Å². The Balaban J connectivity index is 2.45. The van der Waals surface area contributed by atoms with Gasteiger partial charge in [-0.2, -0.15) is 0 Å². The first-order valence-electron chi connectivity index (χ1n) is 6.28. The molecule has 0 aliphatic rings. The van der Waals surface area contributed by atoms with Crippen molar-refractivity contribution in [1.29, 1.82) is 0 Å². The summed E-state index contributed by atoms with van der Waals surface area (Å²) in [6.07, 6.45) is -0.144. The van der Waals surface area contributed by atoms with Gasteiger partial charge in [-0.15, -0.1) is 0 Å². The van der Waals surface area contributed by atoms with Gasteiger partial charge in [-0.1, -0.05) is 24.3 Å². The van der Waals surface area contributed by atoms with Crippen LogP contribution < -0.4 is 10.6 Å². The molecule has 0 bridgehead atoms. The van der Waals surface area contributed by atoms with Crippen LogP contribution in [0.2, 0.25) is 0 Å². The van der Waals surface area contributed by atoms with Crippen LogP contribution in [-0.2, 0) is 9.47 Å². The maximum absolute atomic E-state index is 11.5. The van der Waals surface area contributed by atoms with Crippen LogP contribution in [0, 0.1) is 6.92 Å². The van der Waals surface area contributed by atoms with Gasteiger partial charge in [0.2, 0.25) is 0 Å². The summed E-state index contributed by atoms with van der Waals surface area (Å²) in [7, 11) is 3.24. The standard InChI is InChI=1S/C14H22N2O3/c1-11-6-4-5-7-12(11)13(19-3)10-16-14(17)15-8-9-18-2/h4-7,13H,8-10H2,1-3H3,(H2,15,16,17)/t13-/m0/s1. The molecule has 0 aliphatic heterocycles. The first-order chi connectivity index (χ1) is 9.19. The van der Waals surface area contributed by atoms with Gasteiger partial charge in [0.25, 0.3) is 0 Å². The number of benzene rings is 1. The van der Waals surface area contributed by atoms with Crippen molar-refractivity contribution in [3.63, 3.8) is 0 Å². The molecule has 0 aromatic heterocycles. The normalized spacial score (nSPS) is 11.9. The van der Waals surface area contributed by atoms with E-state index < -0.39 is 0 Å². The highest BCUT2D eigenvalue weighted by molar-refractivity contribution is 5.73. The summed E-state index contributed by atoms with van der Waals surface area (Å²) in [6.45, 7) is 3.45. The van der Waals surface area contributed by atoms with E-state index in [0.717, 1.165) is 11.1 Å². The van der Waals surface area contributed by atoms with Crippen molar-refractivity contribution in [3.8, 4) is 0 Å². The maximum Gasteiger partial charge on any atom is 0.314 e. The molecule has 0 saturated heterocycles. The van der Waals surface area contributed by atoms with Crippen molar-refractivity contribution >= 4 is 6.03 Å². The smallest absolute Gasteiger partial charge is 0.314 e. The second-order valence-electron chi connectivity index (χ2n) is 4.21. The van der Waals surface area contributed by atoms with Crippen LogP contribution in [0.15, 0.2) is 24.3 Å². The second kappa shape index (κ2) is 8.50. The summed E-state index contributed by atoms with van der Waals surface area (Å²) in [4.78, 5) is 11.5. The van der Waals surface area contributed by atoms with Gasteiger partial charge in [-0.3, -0.25) is 0 Å². The molecule has 106 valence electrons. The Morgan fingerprint density at radius 1 is 1.26 bits per heavy atom. The molecule has 5 heteroatoms. The fourth-order valence-corrected chi connectivity index (χ4v) is 1.78. The van der Waals surface area contributed by atoms with E-state index >= 15 is 0 Å². The van der Waals surface area contributed by atoms with E-state index in [1.165, 1.54) is 0 Å². The van der Waals surface area contributed by atoms with Crippen LogP contribution in [0.25, 0.3) is 0 Å². The first kappa shape index (κ1) is 15.5. The molecule has 19 heavy (non-hydrogen) atoms. The minimum Gasteiger partial charge on any atom is -0.383 e. The van der Waals surface area contributed by atoms with Crippen LogP contribution in [0.3, 0.4) is 0 Å². The number of carbonyl (C=O) groups is 1. The summed E-state index contributed by atoms with van der Waals surface area (Å²) < 4.78 is 10.3. The number of carbonyl (C=O) groups excluding carboxylic acids is 1. The Hall–Kier alpha value is -1.59. The highest BCUT2D eigenvalue weighted by Gasteiger charge is 2.13. The minimum atomic E-state index is -0.215. The van der Waals surface area contributed by atoms with Gasteiger partial charge in [0, 0.05) is 27.3 Å². The summed E-state index contributed by atoms with van der Waals surface area (Å²) in [5, 5.41) is 5.49. The summed E-state index contributed by atoms with van der Waals surface area (Å²) in [6, 6.07) is 7.77. The van der Waals surface area contributed by atoms with Crippen molar-refractivity contribution in [3.05, 3.63) is 35.4 Å². The Morgan fingerprint density at radius 2 is 2.00 bits per heavy atom. The summed E-state index contributed by atoms with van der Waals surface area (Å²) in [5.41, 5.74) is 2.23. The third-order valence-corrected chi connectivity index (χ3v) is 2.86. The van der Waals surface area contributed by atoms with Crippen LogP contribution in [0.5, 0.6) is 0 Å².